The number of amides is 3. The van der Waals surface area contributed by atoms with Gasteiger partial charge in [-0.3, -0.25) is 14.4 Å². The SMILES string of the molecule is CN(C)CC(=O)N[C@H]1CCCN(C)C(=O)c2cccc(c2)-c2ccccc2OC[C@@H]2C[C@H](NS(=O)(=O)Cc3ccccc3)CN2C1=O. The zero-order chi connectivity index (χ0) is 33.6. The predicted molar refractivity (Wildman–Crippen MR) is 180 cm³/mol. The van der Waals surface area contributed by atoms with Gasteiger partial charge in [0.1, 0.15) is 18.4 Å². The molecule has 2 aliphatic rings. The van der Waals surface area contributed by atoms with Crippen LogP contribution in [0.25, 0.3) is 11.1 Å². The number of likely N-dealkylation sites (N-methyl/N-ethyl adjacent to an activating group) is 1. The van der Waals surface area contributed by atoms with Gasteiger partial charge in [-0.05, 0) is 62.7 Å². The highest BCUT2D eigenvalue weighted by molar-refractivity contribution is 7.88. The second-order valence-electron chi connectivity index (χ2n) is 12.6. The van der Waals surface area contributed by atoms with Crippen molar-refractivity contribution in [1.82, 2.24) is 24.7 Å². The van der Waals surface area contributed by atoms with Crippen LogP contribution >= 0.6 is 0 Å². The van der Waals surface area contributed by atoms with Crippen LogP contribution in [0.5, 0.6) is 5.75 Å². The van der Waals surface area contributed by atoms with Gasteiger partial charge in [0.25, 0.3) is 5.91 Å². The number of hydrogen-bond acceptors (Lipinski definition) is 7. The number of fused-ring (bicyclic) bond motifs is 5. The van der Waals surface area contributed by atoms with Gasteiger partial charge in [-0.25, -0.2) is 13.1 Å². The van der Waals surface area contributed by atoms with E-state index in [9.17, 15) is 22.8 Å². The molecule has 3 atom stereocenters. The van der Waals surface area contributed by atoms with E-state index >= 15 is 0 Å². The van der Waals surface area contributed by atoms with E-state index < -0.39 is 28.1 Å². The van der Waals surface area contributed by atoms with E-state index in [0.29, 0.717) is 42.7 Å². The van der Waals surface area contributed by atoms with E-state index in [0.717, 1.165) is 11.1 Å². The van der Waals surface area contributed by atoms with Crippen LogP contribution in [0.15, 0.2) is 78.9 Å². The quantitative estimate of drug-likeness (QED) is 0.399. The number of ether oxygens (including phenoxy) is 1. The van der Waals surface area contributed by atoms with Crippen molar-refractivity contribution < 1.29 is 27.5 Å². The topological polar surface area (TPSA) is 128 Å². The van der Waals surface area contributed by atoms with Gasteiger partial charge < -0.3 is 24.8 Å². The van der Waals surface area contributed by atoms with Crippen molar-refractivity contribution >= 4 is 27.7 Å². The maximum atomic E-state index is 14.3. The molecule has 47 heavy (non-hydrogen) atoms. The molecule has 12 heteroatoms. The van der Waals surface area contributed by atoms with Gasteiger partial charge in [0, 0.05) is 37.3 Å². The number of sulfonamides is 1. The lowest BCUT2D eigenvalue weighted by atomic mass is 10.0. The van der Waals surface area contributed by atoms with E-state index in [-0.39, 0.29) is 43.2 Å². The second kappa shape index (κ2) is 15.1. The summed E-state index contributed by atoms with van der Waals surface area (Å²) in [5.41, 5.74) is 2.81. The smallest absolute Gasteiger partial charge is 0.253 e. The van der Waals surface area contributed by atoms with Crippen molar-refractivity contribution in [3.63, 3.8) is 0 Å². The molecule has 250 valence electrons. The first kappa shape index (κ1) is 34.1. The maximum Gasteiger partial charge on any atom is 0.253 e. The van der Waals surface area contributed by atoms with Crippen molar-refractivity contribution in [2.45, 2.75) is 43.1 Å². The summed E-state index contributed by atoms with van der Waals surface area (Å²) in [6.07, 6.45) is 1.10. The minimum atomic E-state index is -3.72. The highest BCUT2D eigenvalue weighted by Gasteiger charge is 2.40. The average molecular weight is 662 g/mol. The molecule has 0 unspecified atom stereocenters. The Hall–Kier alpha value is -4.26. The number of nitrogens with zero attached hydrogens (tertiary/aromatic N) is 3. The van der Waals surface area contributed by atoms with Crippen LogP contribution in [0.2, 0.25) is 0 Å². The summed E-state index contributed by atoms with van der Waals surface area (Å²) in [4.78, 5) is 45.5. The number of hydrogen-bond donors (Lipinski definition) is 2. The van der Waals surface area contributed by atoms with Crippen LogP contribution in [-0.2, 0) is 25.4 Å². The van der Waals surface area contributed by atoms with Crippen LogP contribution in [-0.4, -0.2) is 106 Å². The summed E-state index contributed by atoms with van der Waals surface area (Å²) in [5, 5.41) is 2.90. The third kappa shape index (κ3) is 8.97. The lowest BCUT2D eigenvalue weighted by molar-refractivity contribution is -0.138. The van der Waals surface area contributed by atoms with Crippen LogP contribution in [0.1, 0.15) is 35.2 Å². The Kier molecular flexibility index (Phi) is 10.9. The summed E-state index contributed by atoms with van der Waals surface area (Å²) in [5.74, 6) is -0.363. The average Bonchev–Trinajstić information content (AvgIpc) is 3.43. The van der Waals surface area contributed by atoms with Gasteiger partial charge in [-0.1, -0.05) is 60.7 Å². The Labute approximate surface area is 276 Å². The fourth-order valence-corrected chi connectivity index (χ4v) is 7.59. The molecule has 3 aromatic rings. The van der Waals surface area contributed by atoms with Gasteiger partial charge in [0.05, 0.1) is 18.3 Å². The molecule has 11 nitrogen and oxygen atoms in total. The molecule has 3 amide bonds. The molecule has 5 rings (SSSR count). The Morgan fingerprint density at radius 2 is 1.70 bits per heavy atom. The summed E-state index contributed by atoms with van der Waals surface area (Å²) in [6, 6.07) is 22.0. The van der Waals surface area contributed by atoms with E-state index in [2.05, 4.69) is 10.0 Å². The fourth-order valence-electron chi connectivity index (χ4n) is 6.20. The van der Waals surface area contributed by atoms with Crippen LogP contribution in [0, 0.1) is 0 Å². The zero-order valence-corrected chi connectivity index (χ0v) is 27.9. The molecule has 2 bridgehead atoms. The molecular formula is C35H43N5O6S. The molecule has 3 aromatic carbocycles. The number of rotatable bonds is 7. The lowest BCUT2D eigenvalue weighted by Gasteiger charge is -2.30. The molecule has 2 N–H and O–H groups in total. The fraction of sp³-hybridized carbons (Fsp3) is 0.400. The minimum Gasteiger partial charge on any atom is -0.491 e. The minimum absolute atomic E-state index is 0.101. The first-order valence-corrected chi connectivity index (χ1v) is 17.5. The predicted octanol–water partition coefficient (Wildman–Crippen LogP) is 2.73. The second-order valence-corrected chi connectivity index (χ2v) is 14.3. The molecule has 1 fully saturated rings. The maximum absolute atomic E-state index is 14.3. The van der Waals surface area contributed by atoms with E-state index in [4.69, 9.17) is 4.74 Å². The first-order valence-electron chi connectivity index (χ1n) is 15.9. The van der Waals surface area contributed by atoms with Crippen LogP contribution in [0.4, 0.5) is 0 Å². The van der Waals surface area contributed by atoms with Crippen molar-refractivity contribution in [3.05, 3.63) is 90.0 Å². The van der Waals surface area contributed by atoms with Crippen molar-refractivity contribution in [3.8, 4) is 16.9 Å². The highest BCUT2D eigenvalue weighted by atomic mass is 32.2. The van der Waals surface area contributed by atoms with Gasteiger partial charge in [-0.2, -0.15) is 0 Å². The molecular weight excluding hydrogens is 618 g/mol. The number of para-hydroxylation sites is 1. The molecule has 1 saturated heterocycles. The number of carbonyl (C=O) groups is 3. The third-order valence-corrected chi connectivity index (χ3v) is 9.81. The van der Waals surface area contributed by atoms with Gasteiger partial charge >= 0.3 is 0 Å². The van der Waals surface area contributed by atoms with Gasteiger partial charge in [0.15, 0.2) is 0 Å². The van der Waals surface area contributed by atoms with Crippen molar-refractivity contribution in [2.24, 2.45) is 0 Å². The molecule has 2 aliphatic heterocycles. The van der Waals surface area contributed by atoms with E-state index in [1.807, 2.05) is 48.5 Å². The standard InChI is InChI=1S/C35H43N5O6S/c1-38(2)22-33(41)36-31-16-10-18-39(3)34(42)27-14-9-13-26(19-27)30-15-7-8-17-32(30)46-23-29-20-28(21-40(29)35(31)43)37-47(44,45)24-25-11-5-4-6-12-25/h4-9,11-15,17,19,28-29,31,37H,10,16,18,20-24H2,1-3H3,(H,36,41)/t28-,29-,31-/m0/s1. The van der Waals surface area contributed by atoms with Crippen molar-refractivity contribution in [1.29, 1.82) is 0 Å². The van der Waals surface area contributed by atoms with Gasteiger partial charge in [-0.15, -0.1) is 0 Å². The third-order valence-electron chi connectivity index (χ3n) is 8.41. The largest absolute Gasteiger partial charge is 0.491 e. The van der Waals surface area contributed by atoms with Crippen LogP contribution < -0.4 is 14.8 Å². The Morgan fingerprint density at radius 1 is 0.979 bits per heavy atom. The number of carbonyl (C=O) groups excluding carboxylic acids is 3. The van der Waals surface area contributed by atoms with Crippen molar-refractivity contribution in [2.75, 3.05) is 47.4 Å². The van der Waals surface area contributed by atoms with E-state index in [1.165, 1.54) is 0 Å². The molecule has 0 aromatic heterocycles. The van der Waals surface area contributed by atoms with Gasteiger partial charge in [0.2, 0.25) is 21.8 Å². The molecule has 0 radical (unpaired) electrons. The zero-order valence-electron chi connectivity index (χ0n) is 27.1. The first-order chi connectivity index (χ1) is 22.5. The Balaban J connectivity index is 1.46. The Morgan fingerprint density at radius 3 is 2.47 bits per heavy atom. The molecule has 2 heterocycles. The molecule has 0 saturated carbocycles. The molecule has 0 spiro atoms. The lowest BCUT2D eigenvalue weighted by Crippen LogP contribution is -2.53. The molecule has 0 aliphatic carbocycles. The summed E-state index contributed by atoms with van der Waals surface area (Å²) >= 11 is 0. The monoisotopic (exact) mass is 661 g/mol. The Bertz CT molecular complexity index is 1680. The number of nitrogens with one attached hydrogen (secondary N) is 2. The highest BCUT2D eigenvalue weighted by Crippen LogP contribution is 2.32. The van der Waals surface area contributed by atoms with E-state index in [1.54, 1.807) is 66.2 Å². The summed E-state index contributed by atoms with van der Waals surface area (Å²) in [6.45, 7) is 0.716. The number of benzene rings is 3. The van der Waals surface area contributed by atoms with Crippen LogP contribution in [0.3, 0.4) is 0 Å². The normalized spacial score (nSPS) is 20.8. The summed E-state index contributed by atoms with van der Waals surface area (Å²) < 4.78 is 35.6. The summed E-state index contributed by atoms with van der Waals surface area (Å²) in [7, 11) is 1.55.